The molecule has 2 aromatic rings. The molecule has 0 spiro atoms. The number of anilines is 2. The highest BCUT2D eigenvalue weighted by Crippen LogP contribution is 2.19. The van der Waals surface area contributed by atoms with E-state index in [1.807, 2.05) is 31.2 Å². The SMILES string of the molecule is CC(=O)Nc1ccc(NC(=O)C(C)OC(=O)CCSc2ccc(C)cc2)cc1. The smallest absolute Gasteiger partial charge is 0.307 e. The lowest BCUT2D eigenvalue weighted by molar-refractivity contribution is -0.152. The molecule has 2 aromatic carbocycles. The van der Waals surface area contributed by atoms with Gasteiger partial charge in [-0.2, -0.15) is 0 Å². The third kappa shape index (κ3) is 7.44. The molecule has 148 valence electrons. The Morgan fingerprint density at radius 1 is 0.964 bits per heavy atom. The zero-order valence-corrected chi connectivity index (χ0v) is 17.0. The number of hydrogen-bond acceptors (Lipinski definition) is 5. The predicted molar refractivity (Wildman–Crippen MR) is 111 cm³/mol. The minimum Gasteiger partial charge on any atom is -0.453 e. The van der Waals surface area contributed by atoms with Crippen molar-refractivity contribution in [2.75, 3.05) is 16.4 Å². The van der Waals surface area contributed by atoms with Crippen molar-refractivity contribution in [1.82, 2.24) is 0 Å². The van der Waals surface area contributed by atoms with Crippen molar-refractivity contribution in [2.45, 2.75) is 38.2 Å². The molecule has 7 heteroatoms. The summed E-state index contributed by atoms with van der Waals surface area (Å²) < 4.78 is 5.20. The van der Waals surface area contributed by atoms with Gasteiger partial charge < -0.3 is 15.4 Å². The first kappa shape index (κ1) is 21.5. The van der Waals surface area contributed by atoms with Crippen molar-refractivity contribution in [2.24, 2.45) is 0 Å². The minimum atomic E-state index is -0.896. The Bertz CT molecular complexity index is 819. The number of esters is 1. The number of nitrogens with one attached hydrogen (secondary N) is 2. The number of hydrogen-bond donors (Lipinski definition) is 2. The van der Waals surface area contributed by atoms with Gasteiger partial charge in [-0.25, -0.2) is 0 Å². The molecule has 2 N–H and O–H groups in total. The maximum atomic E-state index is 12.2. The molecule has 0 radical (unpaired) electrons. The molecule has 0 aromatic heterocycles. The Balaban J connectivity index is 1.74. The van der Waals surface area contributed by atoms with Gasteiger partial charge in [0.25, 0.3) is 5.91 Å². The molecule has 6 nitrogen and oxygen atoms in total. The minimum absolute atomic E-state index is 0.169. The Kier molecular flexibility index (Phi) is 8.07. The molecular formula is C21H24N2O4S. The summed E-state index contributed by atoms with van der Waals surface area (Å²) in [5.41, 5.74) is 2.38. The van der Waals surface area contributed by atoms with Gasteiger partial charge in [-0.05, 0) is 50.2 Å². The number of rotatable bonds is 8. The third-order valence-electron chi connectivity index (χ3n) is 3.75. The molecule has 28 heavy (non-hydrogen) atoms. The number of carbonyl (C=O) groups is 3. The first-order chi connectivity index (χ1) is 13.3. The predicted octanol–water partition coefficient (Wildman–Crippen LogP) is 4.01. The Morgan fingerprint density at radius 2 is 1.54 bits per heavy atom. The second kappa shape index (κ2) is 10.5. The summed E-state index contributed by atoms with van der Waals surface area (Å²) in [4.78, 5) is 36.2. The summed E-state index contributed by atoms with van der Waals surface area (Å²) in [6, 6.07) is 14.8. The Hall–Kier alpha value is -2.80. The normalized spacial score (nSPS) is 11.4. The zero-order valence-electron chi connectivity index (χ0n) is 16.2. The summed E-state index contributed by atoms with van der Waals surface area (Å²) in [5.74, 6) is -0.408. The molecule has 2 amide bonds. The highest BCUT2D eigenvalue weighted by molar-refractivity contribution is 7.99. The van der Waals surface area contributed by atoms with Crippen LogP contribution in [-0.2, 0) is 19.1 Å². The fourth-order valence-corrected chi connectivity index (χ4v) is 3.11. The van der Waals surface area contributed by atoms with Crippen LogP contribution in [0.3, 0.4) is 0 Å². The summed E-state index contributed by atoms with van der Waals surface area (Å²) in [5, 5.41) is 5.33. The second-order valence-electron chi connectivity index (χ2n) is 6.29. The van der Waals surface area contributed by atoms with E-state index in [1.165, 1.54) is 19.4 Å². The average molecular weight is 401 g/mol. The number of benzene rings is 2. The molecule has 0 heterocycles. The van der Waals surface area contributed by atoms with Crippen molar-refractivity contribution in [1.29, 1.82) is 0 Å². The van der Waals surface area contributed by atoms with Gasteiger partial charge in [-0.15, -0.1) is 11.8 Å². The maximum Gasteiger partial charge on any atom is 0.307 e. The number of aryl methyl sites for hydroxylation is 1. The molecular weight excluding hydrogens is 376 g/mol. The van der Waals surface area contributed by atoms with Crippen LogP contribution in [0.1, 0.15) is 25.8 Å². The number of thioether (sulfide) groups is 1. The van der Waals surface area contributed by atoms with Crippen LogP contribution in [0.25, 0.3) is 0 Å². The Labute approximate surface area is 169 Å². The van der Waals surface area contributed by atoms with Crippen molar-refractivity contribution in [3.63, 3.8) is 0 Å². The van der Waals surface area contributed by atoms with Gasteiger partial charge in [0.05, 0.1) is 6.42 Å². The maximum absolute atomic E-state index is 12.2. The monoisotopic (exact) mass is 400 g/mol. The summed E-state index contributed by atoms with van der Waals surface area (Å²) in [6.45, 7) is 4.98. The van der Waals surface area contributed by atoms with Crippen LogP contribution in [0, 0.1) is 6.92 Å². The van der Waals surface area contributed by atoms with E-state index >= 15 is 0 Å². The summed E-state index contributed by atoms with van der Waals surface area (Å²) in [7, 11) is 0. The number of amides is 2. The van der Waals surface area contributed by atoms with Gasteiger partial charge in [0.15, 0.2) is 6.10 Å². The fraction of sp³-hybridized carbons (Fsp3) is 0.286. The van der Waals surface area contributed by atoms with Crippen LogP contribution in [0.15, 0.2) is 53.4 Å². The summed E-state index contributed by atoms with van der Waals surface area (Å²) in [6.07, 6.45) is -0.673. The van der Waals surface area contributed by atoms with Crippen LogP contribution in [-0.4, -0.2) is 29.6 Å². The molecule has 0 aliphatic heterocycles. The zero-order chi connectivity index (χ0) is 20.5. The van der Waals surface area contributed by atoms with Gasteiger partial charge >= 0.3 is 5.97 Å². The van der Waals surface area contributed by atoms with E-state index < -0.39 is 18.0 Å². The topological polar surface area (TPSA) is 84.5 Å². The van der Waals surface area contributed by atoms with Crippen LogP contribution in [0.2, 0.25) is 0 Å². The highest BCUT2D eigenvalue weighted by atomic mass is 32.2. The lowest BCUT2D eigenvalue weighted by Gasteiger charge is -2.14. The highest BCUT2D eigenvalue weighted by Gasteiger charge is 2.17. The van der Waals surface area contributed by atoms with Gasteiger partial charge in [0.1, 0.15) is 0 Å². The van der Waals surface area contributed by atoms with Crippen LogP contribution in [0.5, 0.6) is 0 Å². The Morgan fingerprint density at radius 3 is 2.11 bits per heavy atom. The fourth-order valence-electron chi connectivity index (χ4n) is 2.28. The van der Waals surface area contributed by atoms with E-state index in [2.05, 4.69) is 10.6 Å². The standard InChI is InChI=1S/C21H24N2O4S/c1-14-4-10-19(11-5-14)28-13-12-20(25)27-15(2)21(26)23-18-8-6-17(7-9-18)22-16(3)24/h4-11,15H,12-13H2,1-3H3,(H,22,24)(H,23,26). The lowest BCUT2D eigenvalue weighted by Crippen LogP contribution is -2.30. The van der Waals surface area contributed by atoms with Crippen LogP contribution in [0.4, 0.5) is 11.4 Å². The number of carbonyl (C=O) groups excluding carboxylic acids is 3. The molecule has 0 aliphatic carbocycles. The van der Waals surface area contributed by atoms with E-state index in [9.17, 15) is 14.4 Å². The first-order valence-electron chi connectivity index (χ1n) is 8.91. The third-order valence-corrected chi connectivity index (χ3v) is 4.76. The second-order valence-corrected chi connectivity index (χ2v) is 7.46. The van der Waals surface area contributed by atoms with E-state index in [4.69, 9.17) is 4.74 Å². The van der Waals surface area contributed by atoms with E-state index in [1.54, 1.807) is 36.0 Å². The molecule has 2 rings (SSSR count). The van der Waals surface area contributed by atoms with E-state index in [0.717, 1.165) is 4.90 Å². The molecule has 0 bridgehead atoms. The molecule has 1 unspecified atom stereocenters. The largest absolute Gasteiger partial charge is 0.453 e. The van der Waals surface area contributed by atoms with Crippen molar-refractivity contribution < 1.29 is 19.1 Å². The van der Waals surface area contributed by atoms with Gasteiger partial charge in [0, 0.05) is 28.9 Å². The molecule has 1 atom stereocenters. The van der Waals surface area contributed by atoms with Crippen LogP contribution < -0.4 is 10.6 Å². The van der Waals surface area contributed by atoms with Gasteiger partial charge in [-0.1, -0.05) is 17.7 Å². The van der Waals surface area contributed by atoms with Gasteiger partial charge in [0.2, 0.25) is 5.91 Å². The quantitative estimate of drug-likeness (QED) is 0.517. The number of ether oxygens (including phenoxy) is 1. The van der Waals surface area contributed by atoms with E-state index in [-0.39, 0.29) is 12.3 Å². The molecule has 0 aliphatic rings. The van der Waals surface area contributed by atoms with Gasteiger partial charge in [-0.3, -0.25) is 14.4 Å². The van der Waals surface area contributed by atoms with Crippen molar-refractivity contribution in [3.05, 3.63) is 54.1 Å². The van der Waals surface area contributed by atoms with Crippen molar-refractivity contribution in [3.8, 4) is 0 Å². The van der Waals surface area contributed by atoms with Crippen molar-refractivity contribution >= 4 is 40.9 Å². The van der Waals surface area contributed by atoms with Crippen LogP contribution >= 0.6 is 11.8 Å². The molecule has 0 saturated carbocycles. The molecule has 0 fully saturated rings. The van der Waals surface area contributed by atoms with E-state index in [0.29, 0.717) is 17.1 Å². The molecule has 0 saturated heterocycles. The summed E-state index contributed by atoms with van der Waals surface area (Å²) >= 11 is 1.57. The lowest BCUT2D eigenvalue weighted by atomic mass is 10.2. The first-order valence-corrected chi connectivity index (χ1v) is 9.89. The average Bonchev–Trinajstić information content (AvgIpc) is 2.64.